The third kappa shape index (κ3) is 6.67. The average Bonchev–Trinajstić information content (AvgIpc) is 3.81. The van der Waals surface area contributed by atoms with Crippen molar-refractivity contribution < 1.29 is 0 Å². The van der Waals surface area contributed by atoms with Crippen LogP contribution in [0.5, 0.6) is 0 Å². The number of nitrogens with one attached hydrogen (secondary N) is 2. The van der Waals surface area contributed by atoms with E-state index in [-0.39, 0.29) is 12.3 Å². The topological polar surface area (TPSA) is 46.3 Å². The second-order valence-electron chi connectivity index (χ2n) is 13.7. The van der Waals surface area contributed by atoms with Crippen LogP contribution in [0.15, 0.2) is 200 Å². The molecule has 276 valence electrons. The number of aromatic nitrogens is 2. The van der Waals surface area contributed by atoms with E-state index in [1.165, 1.54) is 66.1 Å². The van der Waals surface area contributed by atoms with Gasteiger partial charge < -0.3 is 14.5 Å². The van der Waals surface area contributed by atoms with Gasteiger partial charge in [0.1, 0.15) is 18.2 Å². The summed E-state index contributed by atoms with van der Waals surface area (Å²) in [5.41, 5.74) is 11.0. The Balaban J connectivity index is 0.000000694. The lowest BCUT2D eigenvalue weighted by molar-refractivity contribution is 0.425. The molecule has 2 unspecified atom stereocenters. The molecule has 5 heteroatoms. The Labute approximate surface area is 329 Å². The maximum Gasteiger partial charge on any atom is 0.131 e. The first kappa shape index (κ1) is 36.3. The molecule has 0 saturated heterocycles. The summed E-state index contributed by atoms with van der Waals surface area (Å²) in [4.78, 5) is 5.23. The summed E-state index contributed by atoms with van der Waals surface area (Å²) < 4.78 is 4.94. The van der Waals surface area contributed by atoms with E-state index in [9.17, 15) is 0 Å². The number of hydrogen-bond donors (Lipinski definition) is 2. The monoisotopic (exact) mass is 729 g/mol. The number of amidine groups is 1. The van der Waals surface area contributed by atoms with Crippen molar-refractivity contribution in [2.75, 3.05) is 0 Å². The fourth-order valence-electron chi connectivity index (χ4n) is 8.03. The molecule has 0 saturated carbocycles. The van der Waals surface area contributed by atoms with Crippen LogP contribution in [-0.4, -0.2) is 21.1 Å². The maximum absolute atomic E-state index is 5.23. The summed E-state index contributed by atoms with van der Waals surface area (Å²) in [5.74, 6) is 0.915. The zero-order valence-corrected chi connectivity index (χ0v) is 32.1. The highest BCUT2D eigenvalue weighted by Gasteiger charge is 2.28. The van der Waals surface area contributed by atoms with Gasteiger partial charge in [-0.15, -0.1) is 0 Å². The normalized spacial score (nSPS) is 16.4. The first-order valence-corrected chi connectivity index (χ1v) is 19.6. The van der Waals surface area contributed by atoms with Crippen LogP contribution in [-0.2, 0) is 0 Å². The number of nitrogens with zero attached hydrogens (tertiary/aromatic N) is 3. The van der Waals surface area contributed by atoms with E-state index in [0.717, 1.165) is 24.2 Å². The van der Waals surface area contributed by atoms with Crippen molar-refractivity contribution in [3.8, 4) is 5.69 Å². The number of rotatable bonds is 6. The van der Waals surface area contributed by atoms with E-state index >= 15 is 0 Å². The molecule has 0 radical (unpaired) electrons. The van der Waals surface area contributed by atoms with Gasteiger partial charge >= 0.3 is 0 Å². The van der Waals surface area contributed by atoms with Crippen LogP contribution in [0.25, 0.3) is 55.0 Å². The molecule has 56 heavy (non-hydrogen) atoms. The molecule has 2 atom stereocenters. The molecule has 6 aromatic carbocycles. The second-order valence-corrected chi connectivity index (χ2v) is 13.7. The van der Waals surface area contributed by atoms with Crippen LogP contribution >= 0.6 is 0 Å². The summed E-state index contributed by atoms with van der Waals surface area (Å²) in [7, 11) is 0. The minimum absolute atomic E-state index is 0.0484. The standard InChI is InChI=1S/C45H35N5.C4H6.C2H6/c1-4-14-30(15-5-1)43-46-44(31-16-6-2-7-17-31)48-45(47-43)32-24-26-34(27-25-32)50-38-22-12-10-20-35(38)36-28-29-40-41(42(36)50)37-21-11-13-23-39(37)49(40)33-18-8-3-9-19-33;1-3-4-2;1-2/h1-24,26,28-29,43,45,47H,25,27H2,(H,46,48);3-4H,1-2H2;1-2H3. The molecule has 10 rings (SSSR count). The Morgan fingerprint density at radius 3 is 1.86 bits per heavy atom. The van der Waals surface area contributed by atoms with Crippen LogP contribution in [0, 0.1) is 0 Å². The van der Waals surface area contributed by atoms with Gasteiger partial charge in [0.2, 0.25) is 0 Å². The lowest BCUT2D eigenvalue weighted by atomic mass is 9.98. The van der Waals surface area contributed by atoms with Gasteiger partial charge in [-0.3, -0.25) is 5.32 Å². The van der Waals surface area contributed by atoms with Crippen molar-refractivity contribution in [1.29, 1.82) is 0 Å². The number of para-hydroxylation sites is 3. The minimum Gasteiger partial charge on any atom is -0.350 e. The second kappa shape index (κ2) is 16.4. The molecule has 5 nitrogen and oxygen atoms in total. The number of fused-ring (bicyclic) bond motifs is 7. The number of benzene rings is 6. The molecule has 2 N–H and O–H groups in total. The van der Waals surface area contributed by atoms with Gasteiger partial charge in [0.05, 0.1) is 22.1 Å². The van der Waals surface area contributed by atoms with Crippen LogP contribution in [0.1, 0.15) is 44.0 Å². The lowest BCUT2D eigenvalue weighted by Gasteiger charge is -2.34. The highest BCUT2D eigenvalue weighted by Crippen LogP contribution is 2.43. The SMILES string of the molecule is C1=C(C2N=C(c3ccccc3)NC(c3ccccc3)N2)CCC(n2c3ccccc3c3ccc4c(c5ccccc5n4-c4ccccc4)c32)=C1.C=CC=C.CC. The Kier molecular flexibility index (Phi) is 10.6. The first-order valence-electron chi connectivity index (χ1n) is 19.6. The van der Waals surface area contributed by atoms with Crippen LogP contribution in [0.3, 0.4) is 0 Å². The molecule has 2 aliphatic rings. The fourth-order valence-corrected chi connectivity index (χ4v) is 8.03. The van der Waals surface area contributed by atoms with Gasteiger partial charge in [0.25, 0.3) is 0 Å². The third-order valence-corrected chi connectivity index (χ3v) is 10.5. The van der Waals surface area contributed by atoms with Crippen molar-refractivity contribution in [1.82, 2.24) is 19.8 Å². The Morgan fingerprint density at radius 1 is 0.589 bits per heavy atom. The molecule has 0 amide bonds. The van der Waals surface area contributed by atoms with Gasteiger partial charge in [-0.25, -0.2) is 4.99 Å². The molecule has 0 fully saturated rings. The van der Waals surface area contributed by atoms with Crippen molar-refractivity contribution in [2.45, 2.75) is 39.0 Å². The van der Waals surface area contributed by atoms with Gasteiger partial charge in [-0.2, -0.15) is 0 Å². The Morgan fingerprint density at radius 2 is 1.20 bits per heavy atom. The summed E-state index contributed by atoms with van der Waals surface area (Å²) in [6.45, 7) is 10.7. The number of hydrogen-bond acceptors (Lipinski definition) is 3. The number of allylic oxidation sites excluding steroid dienone is 5. The van der Waals surface area contributed by atoms with E-state index in [1.807, 2.05) is 13.8 Å². The molecule has 0 spiro atoms. The van der Waals surface area contributed by atoms with Crippen molar-refractivity contribution in [3.05, 3.63) is 206 Å². The van der Waals surface area contributed by atoms with Crippen molar-refractivity contribution in [3.63, 3.8) is 0 Å². The summed E-state index contributed by atoms with van der Waals surface area (Å²) in [6.07, 6.45) is 9.55. The van der Waals surface area contributed by atoms with E-state index in [4.69, 9.17) is 4.99 Å². The highest BCUT2D eigenvalue weighted by molar-refractivity contribution is 6.26. The lowest BCUT2D eigenvalue weighted by Crippen LogP contribution is -2.49. The van der Waals surface area contributed by atoms with Crippen LogP contribution in [0.2, 0.25) is 0 Å². The fraction of sp³-hybridized carbons (Fsp3) is 0.118. The summed E-state index contributed by atoms with van der Waals surface area (Å²) in [5, 5.41) is 12.6. The summed E-state index contributed by atoms with van der Waals surface area (Å²) in [6, 6.07) is 54.1. The molecule has 8 aromatic rings. The third-order valence-electron chi connectivity index (χ3n) is 10.5. The zero-order valence-electron chi connectivity index (χ0n) is 32.1. The highest BCUT2D eigenvalue weighted by atomic mass is 15.3. The largest absolute Gasteiger partial charge is 0.350 e. The molecule has 1 aliphatic heterocycles. The summed E-state index contributed by atoms with van der Waals surface area (Å²) >= 11 is 0. The van der Waals surface area contributed by atoms with Gasteiger partial charge in [-0.1, -0.05) is 167 Å². The van der Waals surface area contributed by atoms with Gasteiger partial charge in [-0.05, 0) is 60.4 Å². The zero-order chi connectivity index (χ0) is 38.4. The van der Waals surface area contributed by atoms with E-state index in [2.05, 4.69) is 197 Å². The van der Waals surface area contributed by atoms with E-state index in [0.29, 0.717) is 0 Å². The van der Waals surface area contributed by atoms with Gasteiger partial charge in [0, 0.05) is 38.5 Å². The molecule has 2 aromatic heterocycles. The predicted molar refractivity (Wildman–Crippen MR) is 239 cm³/mol. The molecule has 0 bridgehead atoms. The van der Waals surface area contributed by atoms with Crippen molar-refractivity contribution in [2.24, 2.45) is 4.99 Å². The Bertz CT molecular complexity index is 2740. The minimum atomic E-state index is -0.136. The first-order chi connectivity index (χ1) is 27.7. The number of aliphatic imine (C=N–C) groups is 1. The average molecular weight is 730 g/mol. The van der Waals surface area contributed by atoms with Crippen LogP contribution in [0.4, 0.5) is 0 Å². The van der Waals surface area contributed by atoms with E-state index in [1.54, 1.807) is 12.2 Å². The van der Waals surface area contributed by atoms with Crippen LogP contribution < -0.4 is 10.6 Å². The van der Waals surface area contributed by atoms with Crippen molar-refractivity contribution >= 4 is 55.1 Å². The molecule has 1 aliphatic carbocycles. The molecular weight excluding hydrogens is 683 g/mol. The molecular formula is C51H47N5. The van der Waals surface area contributed by atoms with Gasteiger partial charge in [0.15, 0.2) is 0 Å². The quantitative estimate of drug-likeness (QED) is 0.167. The molecule has 3 heterocycles. The smallest absolute Gasteiger partial charge is 0.131 e. The maximum atomic E-state index is 5.23. The Hall–Kier alpha value is -6.69. The predicted octanol–water partition coefficient (Wildman–Crippen LogP) is 12.5. The van der Waals surface area contributed by atoms with E-state index < -0.39 is 0 Å².